The number of allylic oxidation sites excluding steroid dienone is 2. The summed E-state index contributed by atoms with van der Waals surface area (Å²) in [7, 11) is 1.42. The van der Waals surface area contributed by atoms with E-state index >= 15 is 0 Å². The van der Waals surface area contributed by atoms with Crippen LogP contribution in [0.25, 0.3) is 0 Å². The molecule has 3 rings (SSSR count). The van der Waals surface area contributed by atoms with Gasteiger partial charge < -0.3 is 9.84 Å². The molecule has 92 valence electrons. The maximum atomic E-state index is 11.6. The van der Waals surface area contributed by atoms with Gasteiger partial charge in [0.05, 0.1) is 19.1 Å². The molecule has 1 N–H and O–H groups in total. The molecule has 3 heteroatoms. The van der Waals surface area contributed by atoms with E-state index in [1.165, 1.54) is 7.11 Å². The van der Waals surface area contributed by atoms with Gasteiger partial charge in [0.1, 0.15) is 0 Å². The molecule has 1 fully saturated rings. The predicted molar refractivity (Wildman–Crippen MR) is 63.0 cm³/mol. The van der Waals surface area contributed by atoms with Gasteiger partial charge in [0.25, 0.3) is 0 Å². The molecular weight excluding hydrogens is 216 g/mol. The van der Waals surface area contributed by atoms with Gasteiger partial charge in [-0.25, -0.2) is 0 Å². The van der Waals surface area contributed by atoms with Crippen LogP contribution < -0.4 is 0 Å². The van der Waals surface area contributed by atoms with Crippen molar-refractivity contribution in [2.24, 2.45) is 29.6 Å². The van der Waals surface area contributed by atoms with Crippen molar-refractivity contribution in [3.05, 3.63) is 23.8 Å². The van der Waals surface area contributed by atoms with Gasteiger partial charge in [-0.2, -0.15) is 0 Å². The van der Waals surface area contributed by atoms with E-state index < -0.39 is 0 Å². The van der Waals surface area contributed by atoms with Crippen molar-refractivity contribution in [3.8, 4) is 0 Å². The van der Waals surface area contributed by atoms with Crippen LogP contribution in [0.1, 0.15) is 13.3 Å². The fourth-order valence-electron chi connectivity index (χ4n) is 3.96. The van der Waals surface area contributed by atoms with Gasteiger partial charge in [-0.05, 0) is 31.1 Å². The van der Waals surface area contributed by atoms with E-state index in [2.05, 4.69) is 12.2 Å². The number of ether oxygens (including phenoxy) is 1. The van der Waals surface area contributed by atoms with E-state index in [-0.39, 0.29) is 18.0 Å². The number of hydrogen-bond donors (Lipinski definition) is 1. The number of fused-ring (bicyclic) bond motifs is 5. The van der Waals surface area contributed by atoms with Crippen LogP contribution in [0.2, 0.25) is 0 Å². The number of aliphatic hydroxyl groups is 1. The Morgan fingerprint density at radius 1 is 1.47 bits per heavy atom. The van der Waals surface area contributed by atoms with Crippen molar-refractivity contribution < 1.29 is 14.6 Å². The predicted octanol–water partition coefficient (Wildman–Crippen LogP) is 1.53. The molecule has 0 amide bonds. The lowest BCUT2D eigenvalue weighted by Crippen LogP contribution is -2.27. The standard InChI is InChI=1S/C14H18O3/c1-7(14(16)17-2)10-6-11(15)13-9-4-3-8(5-9)12(10)13/h3-4,6-9,11-13,15H,5H2,1-2H3. The molecule has 0 aromatic rings. The molecule has 3 aliphatic carbocycles. The molecule has 6 unspecified atom stereocenters. The van der Waals surface area contributed by atoms with Crippen molar-refractivity contribution in [3.63, 3.8) is 0 Å². The van der Waals surface area contributed by atoms with Crippen LogP contribution in [-0.4, -0.2) is 24.3 Å². The molecule has 0 aromatic heterocycles. The second-order valence-corrected chi connectivity index (χ2v) is 5.45. The number of aliphatic hydroxyl groups excluding tert-OH is 1. The van der Waals surface area contributed by atoms with Gasteiger partial charge in [0, 0.05) is 5.92 Å². The summed E-state index contributed by atoms with van der Waals surface area (Å²) >= 11 is 0. The normalized spacial score (nSPS) is 43.5. The monoisotopic (exact) mass is 234 g/mol. The van der Waals surface area contributed by atoms with Gasteiger partial charge in [-0.3, -0.25) is 4.79 Å². The van der Waals surface area contributed by atoms with Crippen molar-refractivity contribution in [1.29, 1.82) is 0 Å². The summed E-state index contributed by atoms with van der Waals surface area (Å²) in [5.41, 5.74) is 1.09. The summed E-state index contributed by atoms with van der Waals surface area (Å²) in [6.45, 7) is 1.88. The minimum absolute atomic E-state index is 0.198. The SMILES string of the molecule is COC(=O)C(C)C1=CC(O)C2C3C=CC(C3)C12. The Kier molecular flexibility index (Phi) is 2.40. The zero-order valence-electron chi connectivity index (χ0n) is 10.2. The van der Waals surface area contributed by atoms with Crippen molar-refractivity contribution >= 4 is 5.97 Å². The molecule has 17 heavy (non-hydrogen) atoms. The molecular formula is C14H18O3. The number of hydrogen-bond acceptors (Lipinski definition) is 3. The summed E-state index contributed by atoms with van der Waals surface area (Å²) < 4.78 is 4.81. The fourth-order valence-corrected chi connectivity index (χ4v) is 3.96. The van der Waals surface area contributed by atoms with Crippen LogP contribution in [0, 0.1) is 29.6 Å². The Labute approximate surface area is 101 Å². The Balaban J connectivity index is 1.89. The lowest BCUT2D eigenvalue weighted by Gasteiger charge is -2.27. The molecule has 3 nitrogen and oxygen atoms in total. The molecule has 2 bridgehead atoms. The van der Waals surface area contributed by atoms with Crippen LogP contribution in [0.15, 0.2) is 23.8 Å². The van der Waals surface area contributed by atoms with Gasteiger partial charge in [-0.15, -0.1) is 0 Å². The van der Waals surface area contributed by atoms with E-state index in [0.29, 0.717) is 23.7 Å². The van der Waals surface area contributed by atoms with Crippen molar-refractivity contribution in [1.82, 2.24) is 0 Å². The zero-order valence-corrected chi connectivity index (χ0v) is 10.2. The Morgan fingerprint density at radius 2 is 2.18 bits per heavy atom. The molecule has 0 saturated heterocycles. The molecule has 0 spiro atoms. The third-order valence-corrected chi connectivity index (χ3v) is 4.72. The zero-order chi connectivity index (χ0) is 12.2. The van der Waals surface area contributed by atoms with Crippen LogP contribution in [-0.2, 0) is 9.53 Å². The molecule has 6 atom stereocenters. The van der Waals surface area contributed by atoms with Gasteiger partial charge in [0.2, 0.25) is 0 Å². The first-order valence-electron chi connectivity index (χ1n) is 6.29. The summed E-state index contributed by atoms with van der Waals surface area (Å²) in [6.07, 6.45) is 7.12. The topological polar surface area (TPSA) is 46.5 Å². The number of methoxy groups -OCH3 is 1. The van der Waals surface area contributed by atoms with Crippen LogP contribution >= 0.6 is 0 Å². The average molecular weight is 234 g/mol. The quantitative estimate of drug-likeness (QED) is 0.582. The Morgan fingerprint density at radius 3 is 2.88 bits per heavy atom. The average Bonchev–Trinajstić information content (AvgIpc) is 2.99. The van der Waals surface area contributed by atoms with E-state index in [9.17, 15) is 9.90 Å². The smallest absolute Gasteiger partial charge is 0.312 e. The highest BCUT2D eigenvalue weighted by Crippen LogP contribution is 2.56. The lowest BCUT2D eigenvalue weighted by molar-refractivity contribution is -0.143. The van der Waals surface area contributed by atoms with E-state index in [4.69, 9.17) is 4.74 Å². The largest absolute Gasteiger partial charge is 0.469 e. The third kappa shape index (κ3) is 1.41. The Bertz CT molecular complexity index is 410. The molecule has 0 radical (unpaired) electrons. The van der Waals surface area contributed by atoms with E-state index in [0.717, 1.165) is 12.0 Å². The fraction of sp³-hybridized carbons (Fsp3) is 0.643. The van der Waals surface area contributed by atoms with Crippen LogP contribution in [0.4, 0.5) is 0 Å². The first kappa shape index (κ1) is 11.0. The number of esters is 1. The maximum absolute atomic E-state index is 11.6. The molecule has 1 saturated carbocycles. The number of rotatable bonds is 2. The van der Waals surface area contributed by atoms with Gasteiger partial charge in [0.15, 0.2) is 0 Å². The minimum Gasteiger partial charge on any atom is -0.469 e. The highest BCUT2D eigenvalue weighted by Gasteiger charge is 2.53. The summed E-state index contributed by atoms with van der Waals surface area (Å²) in [5, 5.41) is 10.1. The van der Waals surface area contributed by atoms with Crippen molar-refractivity contribution in [2.75, 3.05) is 7.11 Å². The number of carbonyl (C=O) groups is 1. The second-order valence-electron chi connectivity index (χ2n) is 5.45. The summed E-state index contributed by atoms with van der Waals surface area (Å²) in [4.78, 5) is 11.6. The summed E-state index contributed by atoms with van der Waals surface area (Å²) in [6, 6.07) is 0. The third-order valence-electron chi connectivity index (χ3n) is 4.72. The molecule has 0 heterocycles. The molecule has 0 aromatic carbocycles. The maximum Gasteiger partial charge on any atom is 0.312 e. The first-order valence-corrected chi connectivity index (χ1v) is 6.29. The first-order chi connectivity index (χ1) is 8.13. The summed E-state index contributed by atoms with van der Waals surface area (Å²) in [5.74, 6) is 1.24. The minimum atomic E-state index is -0.387. The van der Waals surface area contributed by atoms with E-state index in [1.807, 2.05) is 13.0 Å². The van der Waals surface area contributed by atoms with Crippen LogP contribution in [0.3, 0.4) is 0 Å². The van der Waals surface area contributed by atoms with Gasteiger partial charge in [-0.1, -0.05) is 23.8 Å². The van der Waals surface area contributed by atoms with Gasteiger partial charge >= 0.3 is 5.97 Å². The highest BCUT2D eigenvalue weighted by molar-refractivity contribution is 5.75. The Hall–Kier alpha value is -1.09. The van der Waals surface area contributed by atoms with Crippen LogP contribution in [0.5, 0.6) is 0 Å². The molecule has 0 aliphatic heterocycles. The van der Waals surface area contributed by atoms with E-state index in [1.54, 1.807) is 0 Å². The molecule has 3 aliphatic rings. The van der Waals surface area contributed by atoms with Crippen molar-refractivity contribution in [2.45, 2.75) is 19.4 Å². The number of carbonyl (C=O) groups excluding carboxylic acids is 1. The lowest BCUT2D eigenvalue weighted by atomic mass is 9.78. The second kappa shape index (κ2) is 3.70. The highest BCUT2D eigenvalue weighted by atomic mass is 16.5.